The van der Waals surface area contributed by atoms with E-state index in [4.69, 9.17) is 23.2 Å². The van der Waals surface area contributed by atoms with E-state index in [2.05, 4.69) is 19.9 Å². The third-order valence-corrected chi connectivity index (χ3v) is 6.32. The lowest BCUT2D eigenvalue weighted by Gasteiger charge is -2.12. The molecule has 0 aromatic carbocycles. The summed E-state index contributed by atoms with van der Waals surface area (Å²) in [4.78, 5) is 61.8. The SMILES string of the molecule is C.O=c1[nH]c(=O)n(CCCC(F)(F)F)c2nc(Cl)[nH]c12.O=c1c2[nH]c(Cl)nc2n(CCCC(F)(F)F)c(=O)n1CCCC(F)(F)F. The molecule has 23 heteroatoms. The molecule has 0 atom stereocenters. The fraction of sp³-hybridized carbons (Fsp3) is 0.565. The molecular formula is C23H25Cl2F9N8O4. The lowest BCUT2D eigenvalue weighted by Crippen LogP contribution is -2.40. The van der Waals surface area contributed by atoms with Crippen molar-refractivity contribution < 1.29 is 39.5 Å². The highest BCUT2D eigenvalue weighted by molar-refractivity contribution is 6.29. The van der Waals surface area contributed by atoms with Gasteiger partial charge < -0.3 is 9.97 Å². The van der Waals surface area contributed by atoms with Gasteiger partial charge >= 0.3 is 29.9 Å². The number of imidazole rings is 2. The quantitative estimate of drug-likeness (QED) is 0.158. The van der Waals surface area contributed by atoms with Crippen LogP contribution in [0.15, 0.2) is 19.2 Å². The standard InChI is InChI=1S/C13H13ClF6N4O2.C9H8ClF3N4O2.CH4/c14-10-21-7-8(22-10)23(5-1-3-12(15,16)17)11(26)24(9(7)25)6-2-4-13(18,19)20;10-7-14-4-5(15-7)17(8(19)16-6(4)18)3-1-2-9(11,12)13;/h1-6H2,(H,21,22);1-3H2,(H,14,15)(H,16,18,19);1H4. The topological polar surface area (TPSA) is 156 Å². The minimum atomic E-state index is -4.46. The molecule has 4 heterocycles. The van der Waals surface area contributed by atoms with Crippen LogP contribution >= 0.6 is 23.2 Å². The van der Waals surface area contributed by atoms with Gasteiger partial charge in [0.1, 0.15) is 0 Å². The Balaban J connectivity index is 0.000000328. The molecule has 0 bridgehead atoms. The number of H-pyrrole nitrogens is 3. The molecule has 0 spiro atoms. The Morgan fingerprint density at radius 3 is 1.43 bits per heavy atom. The number of aromatic nitrogens is 8. The molecule has 4 rings (SSSR count). The van der Waals surface area contributed by atoms with Gasteiger partial charge in [0.2, 0.25) is 10.6 Å². The number of hydrogen-bond acceptors (Lipinski definition) is 6. The maximum atomic E-state index is 12.4. The molecule has 0 radical (unpaired) electrons. The average Bonchev–Trinajstić information content (AvgIpc) is 3.46. The van der Waals surface area contributed by atoms with Gasteiger partial charge in [-0.2, -0.15) is 49.5 Å². The highest BCUT2D eigenvalue weighted by atomic mass is 35.5. The normalized spacial score (nSPS) is 12.3. The van der Waals surface area contributed by atoms with Gasteiger partial charge in [0.25, 0.3) is 11.1 Å². The molecule has 0 unspecified atom stereocenters. The van der Waals surface area contributed by atoms with Crippen LogP contribution in [-0.4, -0.2) is 57.2 Å². The molecule has 12 nitrogen and oxygen atoms in total. The summed E-state index contributed by atoms with van der Waals surface area (Å²) in [6.07, 6.45) is -17.9. The summed E-state index contributed by atoms with van der Waals surface area (Å²) in [5, 5.41) is -0.384. The lowest BCUT2D eigenvalue weighted by molar-refractivity contribution is -0.136. The van der Waals surface area contributed by atoms with E-state index < -0.39 is 86.2 Å². The first kappa shape index (κ1) is 38.4. The summed E-state index contributed by atoms with van der Waals surface area (Å²) >= 11 is 11.2. The van der Waals surface area contributed by atoms with Crippen LogP contribution in [0.2, 0.25) is 10.6 Å². The van der Waals surface area contributed by atoms with E-state index >= 15 is 0 Å². The highest BCUT2D eigenvalue weighted by Gasteiger charge is 2.29. The third kappa shape index (κ3) is 10.4. The summed E-state index contributed by atoms with van der Waals surface area (Å²) in [5.41, 5.74) is -4.09. The molecule has 0 aliphatic heterocycles. The maximum absolute atomic E-state index is 12.4. The number of hydrogen-bond donors (Lipinski definition) is 3. The highest BCUT2D eigenvalue weighted by Crippen LogP contribution is 2.23. The summed E-state index contributed by atoms with van der Waals surface area (Å²) in [7, 11) is 0. The van der Waals surface area contributed by atoms with Gasteiger partial charge in [-0.15, -0.1) is 0 Å². The second-order valence-electron chi connectivity index (χ2n) is 9.41. The van der Waals surface area contributed by atoms with Crippen LogP contribution in [0, 0.1) is 0 Å². The van der Waals surface area contributed by atoms with Crippen LogP contribution in [0.4, 0.5) is 39.5 Å². The van der Waals surface area contributed by atoms with Gasteiger partial charge in [-0.1, -0.05) is 7.43 Å². The van der Waals surface area contributed by atoms with Crippen molar-refractivity contribution in [1.82, 2.24) is 38.6 Å². The third-order valence-electron chi connectivity index (χ3n) is 5.96. The zero-order chi connectivity index (χ0) is 33.9. The Morgan fingerprint density at radius 1 is 0.587 bits per heavy atom. The zero-order valence-corrected chi connectivity index (χ0v) is 23.9. The van der Waals surface area contributed by atoms with E-state index in [9.17, 15) is 58.7 Å². The Morgan fingerprint density at radius 2 is 0.978 bits per heavy atom. The van der Waals surface area contributed by atoms with Gasteiger partial charge in [0.05, 0.1) is 0 Å². The second kappa shape index (κ2) is 14.8. The Hall–Kier alpha value is -3.75. The molecule has 4 aromatic heterocycles. The molecule has 258 valence electrons. The predicted octanol–water partition coefficient (Wildman–Crippen LogP) is 5.27. The minimum Gasteiger partial charge on any atom is -0.323 e. The number of aromatic amines is 3. The van der Waals surface area contributed by atoms with Crippen molar-refractivity contribution in [2.45, 2.75) is 84.1 Å². The largest absolute Gasteiger partial charge is 0.389 e. The number of aryl methyl sites for hydroxylation is 2. The summed E-state index contributed by atoms with van der Waals surface area (Å²) in [6.45, 7) is -1.18. The Labute approximate surface area is 260 Å². The average molecular weight is 719 g/mol. The molecule has 46 heavy (non-hydrogen) atoms. The van der Waals surface area contributed by atoms with Crippen molar-refractivity contribution in [2.24, 2.45) is 0 Å². The van der Waals surface area contributed by atoms with Crippen LogP contribution < -0.4 is 22.5 Å². The summed E-state index contributed by atoms with van der Waals surface area (Å²) in [6, 6.07) is 0. The van der Waals surface area contributed by atoms with E-state index in [-0.39, 0.29) is 53.3 Å². The van der Waals surface area contributed by atoms with Gasteiger partial charge in [-0.3, -0.25) is 28.3 Å². The number of nitrogens with zero attached hydrogens (tertiary/aromatic N) is 5. The van der Waals surface area contributed by atoms with E-state index in [0.717, 1.165) is 9.13 Å². The van der Waals surface area contributed by atoms with Crippen LogP contribution in [-0.2, 0) is 19.6 Å². The van der Waals surface area contributed by atoms with Crippen LogP contribution in [0.5, 0.6) is 0 Å². The van der Waals surface area contributed by atoms with E-state index in [1.807, 2.05) is 4.98 Å². The van der Waals surface area contributed by atoms with E-state index in [0.29, 0.717) is 4.57 Å². The van der Waals surface area contributed by atoms with Crippen molar-refractivity contribution in [1.29, 1.82) is 0 Å². The Bertz CT molecular complexity index is 1880. The van der Waals surface area contributed by atoms with Gasteiger partial charge in [0, 0.05) is 38.9 Å². The van der Waals surface area contributed by atoms with Crippen LogP contribution in [0.25, 0.3) is 22.3 Å². The maximum Gasteiger partial charge on any atom is 0.389 e. The van der Waals surface area contributed by atoms with Gasteiger partial charge in [-0.05, 0) is 42.5 Å². The Kier molecular flexibility index (Phi) is 12.3. The number of alkyl halides is 9. The van der Waals surface area contributed by atoms with Crippen molar-refractivity contribution in [3.05, 3.63) is 52.2 Å². The molecular weight excluding hydrogens is 694 g/mol. The second-order valence-corrected chi connectivity index (χ2v) is 10.1. The molecule has 0 saturated carbocycles. The van der Waals surface area contributed by atoms with Crippen LogP contribution in [0.1, 0.15) is 46.0 Å². The fourth-order valence-corrected chi connectivity index (χ4v) is 4.42. The van der Waals surface area contributed by atoms with Gasteiger partial charge in [-0.25, -0.2) is 9.59 Å². The van der Waals surface area contributed by atoms with Crippen molar-refractivity contribution in [3.8, 4) is 0 Å². The van der Waals surface area contributed by atoms with Crippen LogP contribution in [0.3, 0.4) is 0 Å². The van der Waals surface area contributed by atoms with Crippen molar-refractivity contribution in [3.63, 3.8) is 0 Å². The molecule has 0 aliphatic rings. The predicted molar refractivity (Wildman–Crippen MR) is 148 cm³/mol. The van der Waals surface area contributed by atoms with Crippen molar-refractivity contribution in [2.75, 3.05) is 0 Å². The first-order chi connectivity index (χ1) is 20.7. The van der Waals surface area contributed by atoms with Gasteiger partial charge in [0.15, 0.2) is 22.3 Å². The van der Waals surface area contributed by atoms with Crippen molar-refractivity contribution >= 4 is 45.5 Å². The molecule has 3 N–H and O–H groups in total. The smallest absolute Gasteiger partial charge is 0.323 e. The number of rotatable bonds is 9. The first-order valence-corrected chi connectivity index (χ1v) is 13.4. The molecule has 0 saturated heterocycles. The lowest BCUT2D eigenvalue weighted by atomic mass is 10.3. The zero-order valence-electron chi connectivity index (χ0n) is 22.4. The molecule has 0 amide bonds. The summed E-state index contributed by atoms with van der Waals surface area (Å²) < 4.78 is 112. The number of fused-ring (bicyclic) bond motifs is 2. The monoisotopic (exact) mass is 718 g/mol. The van der Waals surface area contributed by atoms with E-state index in [1.165, 1.54) is 0 Å². The first-order valence-electron chi connectivity index (χ1n) is 12.6. The van der Waals surface area contributed by atoms with E-state index in [1.54, 1.807) is 0 Å². The number of halogens is 11. The summed E-state index contributed by atoms with van der Waals surface area (Å²) in [5.74, 6) is 0. The molecule has 0 fully saturated rings. The molecule has 0 aliphatic carbocycles. The fourth-order valence-electron chi connectivity index (χ4n) is 4.07. The number of nitrogens with one attached hydrogen (secondary N) is 3. The molecule has 4 aromatic rings. The minimum absolute atomic E-state index is 0.